The van der Waals surface area contributed by atoms with Crippen LogP contribution in [0.25, 0.3) is 0 Å². The van der Waals surface area contributed by atoms with E-state index in [1.807, 2.05) is 6.20 Å². The van der Waals surface area contributed by atoms with Crippen molar-refractivity contribution in [1.29, 1.82) is 5.26 Å². The minimum atomic E-state index is 0. The first-order valence-corrected chi connectivity index (χ1v) is 3.98. The first-order valence-electron chi connectivity index (χ1n) is 3.98. The number of aromatic nitrogens is 1. The fourth-order valence-electron chi connectivity index (χ4n) is 1.51. The van der Waals surface area contributed by atoms with Gasteiger partial charge in [-0.05, 0) is 24.1 Å². The summed E-state index contributed by atoms with van der Waals surface area (Å²) >= 11 is 0. The fraction of sp³-hybridized carbons (Fsp3) is 0.333. The minimum absolute atomic E-state index is 0. The number of fused-ring (bicyclic) bond motifs is 1. The Morgan fingerprint density at radius 2 is 2.14 bits per heavy atom. The third-order valence-electron chi connectivity index (χ3n) is 2.13. The second kappa shape index (κ2) is 5.82. The van der Waals surface area contributed by atoms with Crippen molar-refractivity contribution >= 4 is 24.8 Å². The molecule has 0 aromatic carbocycles. The minimum Gasteiger partial charge on any atom is -0.312 e. The van der Waals surface area contributed by atoms with Crippen LogP contribution in [0, 0.1) is 11.3 Å². The maximum absolute atomic E-state index is 8.78. The van der Waals surface area contributed by atoms with E-state index in [2.05, 4.69) is 16.4 Å². The monoisotopic (exact) mass is 231 g/mol. The molecule has 1 aliphatic heterocycles. The van der Waals surface area contributed by atoms with Crippen LogP contribution in [0.15, 0.2) is 12.4 Å². The Labute approximate surface area is 95.4 Å². The summed E-state index contributed by atoms with van der Waals surface area (Å²) in [5.41, 5.74) is 3.07. The molecule has 0 spiro atoms. The SMILES string of the molecule is Cl.Cl.N#Cc1cncc2c1CCNC2. The number of nitriles is 1. The summed E-state index contributed by atoms with van der Waals surface area (Å²) in [6.45, 7) is 1.81. The largest absolute Gasteiger partial charge is 0.312 e. The van der Waals surface area contributed by atoms with E-state index in [0.29, 0.717) is 0 Å². The second-order valence-corrected chi connectivity index (χ2v) is 2.86. The van der Waals surface area contributed by atoms with Gasteiger partial charge in [-0.25, -0.2) is 0 Å². The van der Waals surface area contributed by atoms with E-state index in [0.717, 1.165) is 25.1 Å². The Balaban J connectivity index is 0.000000845. The molecule has 14 heavy (non-hydrogen) atoms. The highest BCUT2D eigenvalue weighted by atomic mass is 35.5. The average Bonchev–Trinajstić information content (AvgIpc) is 2.17. The van der Waals surface area contributed by atoms with Gasteiger partial charge in [0.05, 0.1) is 5.56 Å². The third-order valence-corrected chi connectivity index (χ3v) is 2.13. The zero-order valence-corrected chi connectivity index (χ0v) is 9.12. The molecular weight excluding hydrogens is 221 g/mol. The molecule has 0 saturated heterocycles. The van der Waals surface area contributed by atoms with E-state index in [4.69, 9.17) is 5.26 Å². The zero-order valence-electron chi connectivity index (χ0n) is 7.49. The van der Waals surface area contributed by atoms with Crippen molar-refractivity contribution in [2.45, 2.75) is 13.0 Å². The molecule has 76 valence electrons. The van der Waals surface area contributed by atoms with Crippen LogP contribution in [-0.2, 0) is 13.0 Å². The van der Waals surface area contributed by atoms with E-state index in [9.17, 15) is 0 Å². The molecule has 0 fully saturated rings. The number of pyridine rings is 1. The molecule has 2 rings (SSSR count). The molecule has 0 bridgehead atoms. The number of halogens is 2. The van der Waals surface area contributed by atoms with Crippen LogP contribution in [0.4, 0.5) is 0 Å². The van der Waals surface area contributed by atoms with Gasteiger partial charge in [-0.2, -0.15) is 5.26 Å². The van der Waals surface area contributed by atoms with Crippen LogP contribution in [0.3, 0.4) is 0 Å². The quantitative estimate of drug-likeness (QED) is 0.736. The molecule has 1 aromatic heterocycles. The molecule has 0 aliphatic carbocycles. The maximum Gasteiger partial charge on any atom is 0.101 e. The summed E-state index contributed by atoms with van der Waals surface area (Å²) < 4.78 is 0. The summed E-state index contributed by atoms with van der Waals surface area (Å²) in [5.74, 6) is 0. The zero-order chi connectivity index (χ0) is 8.39. The van der Waals surface area contributed by atoms with Gasteiger partial charge < -0.3 is 5.32 Å². The summed E-state index contributed by atoms with van der Waals surface area (Å²) in [4.78, 5) is 4.01. The lowest BCUT2D eigenvalue weighted by Crippen LogP contribution is -2.24. The molecule has 0 amide bonds. The van der Waals surface area contributed by atoms with Gasteiger partial charge in [0.2, 0.25) is 0 Å². The van der Waals surface area contributed by atoms with Gasteiger partial charge in [0, 0.05) is 18.9 Å². The van der Waals surface area contributed by atoms with Crippen molar-refractivity contribution in [3.8, 4) is 6.07 Å². The van der Waals surface area contributed by atoms with Gasteiger partial charge >= 0.3 is 0 Å². The van der Waals surface area contributed by atoms with Gasteiger partial charge in [-0.1, -0.05) is 0 Å². The maximum atomic E-state index is 8.78. The van der Waals surface area contributed by atoms with Crippen LogP contribution < -0.4 is 5.32 Å². The molecule has 3 nitrogen and oxygen atoms in total. The molecule has 1 aliphatic rings. The van der Waals surface area contributed by atoms with Crippen LogP contribution in [0.2, 0.25) is 0 Å². The van der Waals surface area contributed by atoms with Crippen molar-refractivity contribution in [3.05, 3.63) is 29.1 Å². The Morgan fingerprint density at radius 3 is 2.86 bits per heavy atom. The van der Waals surface area contributed by atoms with Crippen molar-refractivity contribution in [2.24, 2.45) is 0 Å². The Morgan fingerprint density at radius 1 is 1.36 bits per heavy atom. The molecule has 1 aromatic rings. The van der Waals surface area contributed by atoms with Crippen LogP contribution in [0.5, 0.6) is 0 Å². The van der Waals surface area contributed by atoms with E-state index < -0.39 is 0 Å². The molecule has 0 saturated carbocycles. The summed E-state index contributed by atoms with van der Waals surface area (Å²) in [7, 11) is 0. The van der Waals surface area contributed by atoms with Crippen LogP contribution in [0.1, 0.15) is 16.7 Å². The first-order chi connectivity index (χ1) is 5.92. The molecule has 5 heteroatoms. The lowest BCUT2D eigenvalue weighted by Gasteiger charge is -2.16. The summed E-state index contributed by atoms with van der Waals surface area (Å²) in [5, 5.41) is 12.0. The third kappa shape index (κ3) is 2.36. The van der Waals surface area contributed by atoms with Crippen molar-refractivity contribution in [1.82, 2.24) is 10.3 Å². The number of rotatable bonds is 0. The van der Waals surface area contributed by atoms with E-state index >= 15 is 0 Å². The van der Waals surface area contributed by atoms with E-state index in [1.54, 1.807) is 6.20 Å². The van der Waals surface area contributed by atoms with E-state index in [1.165, 1.54) is 11.1 Å². The van der Waals surface area contributed by atoms with Crippen molar-refractivity contribution < 1.29 is 0 Å². The lowest BCUT2D eigenvalue weighted by molar-refractivity contribution is 0.639. The van der Waals surface area contributed by atoms with Crippen molar-refractivity contribution in [2.75, 3.05) is 6.54 Å². The van der Waals surface area contributed by atoms with Gasteiger partial charge in [-0.15, -0.1) is 24.8 Å². The number of nitrogens with zero attached hydrogens (tertiary/aromatic N) is 2. The molecule has 0 atom stereocenters. The average molecular weight is 232 g/mol. The fourth-order valence-corrected chi connectivity index (χ4v) is 1.51. The van der Waals surface area contributed by atoms with Gasteiger partial charge in [0.1, 0.15) is 6.07 Å². The van der Waals surface area contributed by atoms with Crippen LogP contribution in [-0.4, -0.2) is 11.5 Å². The number of hydrogen-bond acceptors (Lipinski definition) is 3. The molecule has 0 unspecified atom stereocenters. The van der Waals surface area contributed by atoms with E-state index in [-0.39, 0.29) is 24.8 Å². The molecular formula is C9H11Cl2N3. The Hall–Kier alpha value is -0.820. The molecule has 2 heterocycles. The predicted octanol–water partition coefficient (Wildman–Crippen LogP) is 1.44. The number of nitrogens with one attached hydrogen (secondary N) is 1. The van der Waals surface area contributed by atoms with Crippen LogP contribution >= 0.6 is 24.8 Å². The topological polar surface area (TPSA) is 48.7 Å². The first kappa shape index (κ1) is 13.2. The standard InChI is InChI=1S/C9H9N3.2ClH/c10-3-7-4-12-6-8-5-11-2-1-9(7)8;;/h4,6,11H,1-2,5H2;2*1H. The smallest absolute Gasteiger partial charge is 0.101 e. The number of hydrogen-bond donors (Lipinski definition) is 1. The normalized spacial score (nSPS) is 12.8. The molecule has 0 radical (unpaired) electrons. The summed E-state index contributed by atoms with van der Waals surface area (Å²) in [6, 6.07) is 2.16. The highest BCUT2D eigenvalue weighted by Crippen LogP contribution is 2.15. The Kier molecular flexibility index (Phi) is 5.47. The molecule has 1 N–H and O–H groups in total. The van der Waals surface area contributed by atoms with Gasteiger partial charge in [0.25, 0.3) is 0 Å². The second-order valence-electron chi connectivity index (χ2n) is 2.86. The summed E-state index contributed by atoms with van der Waals surface area (Å²) in [6.07, 6.45) is 4.42. The van der Waals surface area contributed by atoms with Gasteiger partial charge in [-0.3, -0.25) is 4.98 Å². The highest BCUT2D eigenvalue weighted by molar-refractivity contribution is 5.85. The Bertz CT molecular complexity index is 346. The predicted molar refractivity (Wildman–Crippen MR) is 58.9 cm³/mol. The van der Waals surface area contributed by atoms with Gasteiger partial charge in [0.15, 0.2) is 0 Å². The lowest BCUT2D eigenvalue weighted by atomic mass is 9.99. The highest BCUT2D eigenvalue weighted by Gasteiger charge is 2.11. The van der Waals surface area contributed by atoms with Crippen molar-refractivity contribution in [3.63, 3.8) is 0 Å².